The van der Waals surface area contributed by atoms with Gasteiger partial charge >= 0.3 is 0 Å². The second kappa shape index (κ2) is 11.4. The molecule has 0 bridgehead atoms. The van der Waals surface area contributed by atoms with Gasteiger partial charge in [0.15, 0.2) is 0 Å². The Morgan fingerprint density at radius 3 is 2.69 bits per heavy atom. The van der Waals surface area contributed by atoms with E-state index in [1.54, 1.807) is 29.2 Å². The fourth-order valence-electron chi connectivity index (χ4n) is 4.81. The first-order valence-electron chi connectivity index (χ1n) is 12.0. The Labute approximate surface area is 214 Å². The zero-order valence-electron chi connectivity index (χ0n) is 20.6. The van der Waals surface area contributed by atoms with E-state index < -0.39 is 24.3 Å². The molecule has 36 heavy (non-hydrogen) atoms. The van der Waals surface area contributed by atoms with Crippen molar-refractivity contribution in [2.75, 3.05) is 6.54 Å². The van der Waals surface area contributed by atoms with E-state index in [-0.39, 0.29) is 31.2 Å². The second-order valence-corrected chi connectivity index (χ2v) is 10.3. The van der Waals surface area contributed by atoms with E-state index >= 15 is 0 Å². The molecular formula is C26H32N4O5S. The highest BCUT2D eigenvalue weighted by Crippen LogP contribution is 2.35. The molecule has 3 N–H and O–H groups in total. The van der Waals surface area contributed by atoms with Gasteiger partial charge in [-0.2, -0.15) is 0 Å². The number of aromatic nitrogens is 2. The van der Waals surface area contributed by atoms with Gasteiger partial charge in [-0.25, -0.2) is 4.98 Å². The van der Waals surface area contributed by atoms with Crippen molar-refractivity contribution in [2.45, 2.75) is 64.4 Å². The Kier molecular flexibility index (Phi) is 8.30. The monoisotopic (exact) mass is 512 g/mol. The third-order valence-corrected chi connectivity index (χ3v) is 7.74. The van der Waals surface area contributed by atoms with Gasteiger partial charge in [-0.15, -0.1) is 11.3 Å². The first-order valence-corrected chi connectivity index (χ1v) is 12.9. The zero-order valence-corrected chi connectivity index (χ0v) is 21.4. The highest BCUT2D eigenvalue weighted by atomic mass is 32.1. The van der Waals surface area contributed by atoms with Crippen molar-refractivity contribution in [3.63, 3.8) is 0 Å². The van der Waals surface area contributed by atoms with Crippen LogP contribution in [0.1, 0.15) is 48.4 Å². The normalized spacial score (nSPS) is 20.7. The van der Waals surface area contributed by atoms with Gasteiger partial charge in [-0.3, -0.25) is 9.69 Å². The molecule has 0 radical (unpaired) electrons. The predicted octanol–water partition coefficient (Wildman–Crippen LogP) is 2.79. The number of aliphatic hydroxyl groups is 2. The summed E-state index contributed by atoms with van der Waals surface area (Å²) < 4.78 is 5.43. The van der Waals surface area contributed by atoms with E-state index in [0.29, 0.717) is 18.0 Å². The lowest BCUT2D eigenvalue weighted by atomic mass is 9.87. The van der Waals surface area contributed by atoms with Gasteiger partial charge in [0.1, 0.15) is 18.3 Å². The summed E-state index contributed by atoms with van der Waals surface area (Å²) in [6.45, 7) is 6.06. The minimum atomic E-state index is -1.14. The number of aryl methyl sites for hydroxylation is 2. The Morgan fingerprint density at radius 1 is 1.33 bits per heavy atom. The molecule has 3 aromatic rings. The molecule has 0 aliphatic carbocycles. The SMILES string of the molecule is Cc1cc(C(C(C)CC=O)C(O)N2C[C@H](O)C[C@H]2C(=O)NCc2ccc(-c3scnc3C)cc2)on1. The second-order valence-electron chi connectivity index (χ2n) is 9.47. The molecule has 192 valence electrons. The van der Waals surface area contributed by atoms with Crippen molar-refractivity contribution in [3.8, 4) is 10.4 Å². The molecule has 1 aliphatic heterocycles. The molecule has 9 nitrogen and oxygen atoms in total. The number of β-amino-alcohol motifs (C(OH)–C–C–N with tert-alkyl or cyclic N) is 1. The number of amides is 1. The molecule has 10 heteroatoms. The number of carbonyl (C=O) groups excluding carboxylic acids is 2. The van der Waals surface area contributed by atoms with Gasteiger partial charge in [0.25, 0.3) is 0 Å². The minimum Gasteiger partial charge on any atom is -0.392 e. The quantitative estimate of drug-likeness (QED) is 0.354. The number of hydrogen-bond donors (Lipinski definition) is 3. The van der Waals surface area contributed by atoms with Crippen LogP contribution in [0.2, 0.25) is 0 Å². The molecule has 0 spiro atoms. The van der Waals surface area contributed by atoms with E-state index in [4.69, 9.17) is 4.52 Å². The van der Waals surface area contributed by atoms with Crippen molar-refractivity contribution >= 4 is 23.5 Å². The van der Waals surface area contributed by atoms with Gasteiger partial charge in [0, 0.05) is 25.6 Å². The summed E-state index contributed by atoms with van der Waals surface area (Å²) in [6, 6.07) is 8.96. The Bertz CT molecular complexity index is 1180. The summed E-state index contributed by atoms with van der Waals surface area (Å²) in [5.41, 5.74) is 5.49. The summed E-state index contributed by atoms with van der Waals surface area (Å²) in [4.78, 5) is 31.4. The van der Waals surface area contributed by atoms with Crippen LogP contribution in [0, 0.1) is 19.8 Å². The Hall–Kier alpha value is -2.92. The molecular weight excluding hydrogens is 480 g/mol. The molecule has 1 aromatic carbocycles. The fourth-order valence-corrected chi connectivity index (χ4v) is 5.63. The van der Waals surface area contributed by atoms with Crippen molar-refractivity contribution in [1.29, 1.82) is 0 Å². The van der Waals surface area contributed by atoms with Crippen molar-refractivity contribution in [2.24, 2.45) is 5.92 Å². The number of benzene rings is 1. The number of rotatable bonds is 10. The third-order valence-electron chi connectivity index (χ3n) is 6.77. The number of nitrogens with zero attached hydrogens (tertiary/aromatic N) is 3. The first-order chi connectivity index (χ1) is 17.3. The zero-order chi connectivity index (χ0) is 25.8. The highest BCUT2D eigenvalue weighted by Gasteiger charge is 2.44. The van der Waals surface area contributed by atoms with E-state index in [0.717, 1.165) is 28.0 Å². The summed E-state index contributed by atoms with van der Waals surface area (Å²) in [5, 5.41) is 28.6. The Balaban J connectivity index is 1.45. The van der Waals surface area contributed by atoms with Gasteiger partial charge in [0.05, 0.1) is 39.8 Å². The van der Waals surface area contributed by atoms with Crippen LogP contribution < -0.4 is 5.32 Å². The standard InChI is InChI=1S/C26H32N4O5S/c1-15(8-9-31)23(22-10-16(2)29-35-22)26(34)30-13-20(32)11-21(30)25(33)27-12-18-4-6-19(7-5-18)24-17(3)28-14-36-24/h4-7,9-10,14-15,20-21,23,26,32,34H,8,11-13H2,1-3H3,(H,27,33)/t15?,20-,21+,23?,26?/m1/s1. The average molecular weight is 513 g/mol. The van der Waals surface area contributed by atoms with Crippen LogP contribution >= 0.6 is 11.3 Å². The van der Waals surface area contributed by atoms with Crippen LogP contribution in [0.25, 0.3) is 10.4 Å². The largest absolute Gasteiger partial charge is 0.392 e. The van der Waals surface area contributed by atoms with Crippen LogP contribution in [0.5, 0.6) is 0 Å². The number of aldehydes is 1. The fraction of sp³-hybridized carbons (Fsp3) is 0.462. The first kappa shape index (κ1) is 26.2. The molecule has 5 atom stereocenters. The van der Waals surface area contributed by atoms with Crippen LogP contribution in [-0.2, 0) is 16.1 Å². The van der Waals surface area contributed by atoms with Gasteiger partial charge < -0.3 is 24.8 Å². The highest BCUT2D eigenvalue weighted by molar-refractivity contribution is 7.13. The summed E-state index contributed by atoms with van der Waals surface area (Å²) in [7, 11) is 0. The number of hydrogen-bond acceptors (Lipinski definition) is 9. The van der Waals surface area contributed by atoms with Gasteiger partial charge in [-0.05, 0) is 37.3 Å². The molecule has 1 fully saturated rings. The van der Waals surface area contributed by atoms with E-state index in [1.165, 1.54) is 0 Å². The summed E-state index contributed by atoms with van der Waals surface area (Å²) in [5.74, 6) is -0.665. The number of thiazole rings is 1. The van der Waals surface area contributed by atoms with Gasteiger partial charge in [-0.1, -0.05) is 36.3 Å². The number of likely N-dealkylation sites (tertiary alicyclic amines) is 1. The molecule has 1 saturated heterocycles. The smallest absolute Gasteiger partial charge is 0.237 e. The number of nitrogens with one attached hydrogen (secondary N) is 1. The minimum absolute atomic E-state index is 0.138. The molecule has 1 aliphatic rings. The number of aliphatic hydroxyl groups excluding tert-OH is 2. The maximum absolute atomic E-state index is 13.2. The lowest BCUT2D eigenvalue weighted by Crippen LogP contribution is -2.50. The van der Waals surface area contributed by atoms with Crippen molar-refractivity contribution < 1.29 is 24.3 Å². The van der Waals surface area contributed by atoms with E-state index in [9.17, 15) is 19.8 Å². The van der Waals surface area contributed by atoms with Crippen LogP contribution in [0.15, 0.2) is 40.4 Å². The molecule has 0 saturated carbocycles. The molecule has 2 aromatic heterocycles. The maximum Gasteiger partial charge on any atom is 0.237 e. The lowest BCUT2D eigenvalue weighted by Gasteiger charge is -2.35. The topological polar surface area (TPSA) is 129 Å². The molecule has 4 rings (SSSR count). The third kappa shape index (κ3) is 5.73. The molecule has 1 amide bonds. The van der Waals surface area contributed by atoms with E-state index in [2.05, 4.69) is 15.5 Å². The van der Waals surface area contributed by atoms with Crippen molar-refractivity contribution in [1.82, 2.24) is 20.4 Å². The van der Waals surface area contributed by atoms with Crippen molar-refractivity contribution in [3.05, 3.63) is 58.6 Å². The summed E-state index contributed by atoms with van der Waals surface area (Å²) >= 11 is 1.59. The maximum atomic E-state index is 13.2. The van der Waals surface area contributed by atoms with Crippen LogP contribution in [0.4, 0.5) is 0 Å². The van der Waals surface area contributed by atoms with E-state index in [1.807, 2.05) is 43.6 Å². The average Bonchev–Trinajstić information content (AvgIpc) is 3.58. The predicted molar refractivity (Wildman–Crippen MR) is 135 cm³/mol. The Morgan fingerprint density at radius 2 is 2.08 bits per heavy atom. The molecule has 3 unspecified atom stereocenters. The number of carbonyl (C=O) groups is 2. The molecule has 3 heterocycles. The van der Waals surface area contributed by atoms with Gasteiger partial charge in [0.2, 0.25) is 5.91 Å². The van der Waals surface area contributed by atoms with Crippen LogP contribution in [-0.4, -0.2) is 62.4 Å². The van der Waals surface area contributed by atoms with Crippen LogP contribution in [0.3, 0.4) is 0 Å². The summed E-state index contributed by atoms with van der Waals surface area (Å²) in [6.07, 6.45) is -0.668. The lowest BCUT2D eigenvalue weighted by molar-refractivity contribution is -0.131.